The fraction of sp³-hybridized carbons (Fsp3) is 0.100. The van der Waals surface area contributed by atoms with Crippen molar-refractivity contribution < 1.29 is 4.52 Å². The molecule has 0 aliphatic heterocycles. The number of aliphatic imine (C=N–C) groups is 1. The first kappa shape index (κ1) is 13.0. The summed E-state index contributed by atoms with van der Waals surface area (Å²) in [6, 6.07) is 5.42. The molecule has 2 heterocycles. The van der Waals surface area contributed by atoms with Gasteiger partial charge in [-0.3, -0.25) is 10.4 Å². The Morgan fingerprint density at radius 1 is 1.42 bits per heavy atom. The van der Waals surface area contributed by atoms with Gasteiger partial charge in [-0.25, -0.2) is 0 Å². The Balaban J connectivity index is 1.99. The maximum absolute atomic E-state index is 7.45. The maximum atomic E-state index is 7.45. The van der Waals surface area contributed by atoms with Crippen molar-refractivity contribution in [3.05, 3.63) is 30.3 Å². The van der Waals surface area contributed by atoms with Gasteiger partial charge >= 0.3 is 0 Å². The van der Waals surface area contributed by atoms with E-state index < -0.39 is 0 Å². The van der Waals surface area contributed by atoms with Crippen molar-refractivity contribution in [3.63, 3.8) is 0 Å². The predicted molar refractivity (Wildman–Crippen MR) is 72.4 cm³/mol. The second kappa shape index (κ2) is 5.96. The summed E-state index contributed by atoms with van der Waals surface area (Å²) in [4.78, 5) is 11.8. The van der Waals surface area contributed by atoms with Crippen molar-refractivity contribution in [1.29, 1.82) is 5.41 Å². The molecular formula is C10H11N7OS. The fourth-order valence-corrected chi connectivity index (χ4v) is 1.74. The third kappa shape index (κ3) is 3.78. The van der Waals surface area contributed by atoms with Crippen LogP contribution >= 0.6 is 11.8 Å². The summed E-state index contributed by atoms with van der Waals surface area (Å²) in [5, 5.41) is 11.2. The number of hydrogen-bond donors (Lipinski definition) is 3. The number of nitrogens with one attached hydrogen (secondary N) is 1. The Kier molecular flexibility index (Phi) is 4.08. The molecule has 2 aromatic rings. The Hall–Kier alpha value is -2.42. The molecule has 0 bridgehead atoms. The highest BCUT2D eigenvalue weighted by Gasteiger charge is 2.10. The van der Waals surface area contributed by atoms with Crippen molar-refractivity contribution in [3.8, 4) is 11.5 Å². The molecule has 0 spiro atoms. The molecule has 0 saturated heterocycles. The second-order valence-electron chi connectivity index (χ2n) is 3.36. The zero-order valence-corrected chi connectivity index (χ0v) is 10.6. The summed E-state index contributed by atoms with van der Waals surface area (Å²) in [5.74, 6) is 0.943. The highest BCUT2D eigenvalue weighted by atomic mass is 32.2. The van der Waals surface area contributed by atoms with E-state index in [1.165, 1.54) is 0 Å². The zero-order valence-electron chi connectivity index (χ0n) is 9.78. The van der Waals surface area contributed by atoms with Gasteiger partial charge in [0.15, 0.2) is 11.1 Å². The van der Waals surface area contributed by atoms with Gasteiger partial charge in [0.25, 0.3) is 0 Å². The third-order valence-corrected chi connectivity index (χ3v) is 2.68. The maximum Gasteiger partial charge on any atom is 0.237 e. The molecule has 0 fully saturated rings. The predicted octanol–water partition coefficient (Wildman–Crippen LogP) is 0.573. The first-order valence-electron chi connectivity index (χ1n) is 5.20. The van der Waals surface area contributed by atoms with E-state index in [9.17, 15) is 0 Å². The Morgan fingerprint density at radius 2 is 2.26 bits per heavy atom. The number of nitrogens with zero attached hydrogens (tertiary/aromatic N) is 4. The highest BCUT2D eigenvalue weighted by Crippen LogP contribution is 2.16. The molecule has 0 aromatic carbocycles. The Bertz CT molecular complexity index is 591. The van der Waals surface area contributed by atoms with Crippen LogP contribution in [0.5, 0.6) is 0 Å². The molecular weight excluding hydrogens is 266 g/mol. The van der Waals surface area contributed by atoms with Gasteiger partial charge in [-0.1, -0.05) is 23.0 Å². The lowest BCUT2D eigenvalue weighted by Crippen LogP contribution is -2.23. The molecule has 0 aliphatic carbocycles. The normalized spacial score (nSPS) is 10.1. The van der Waals surface area contributed by atoms with Crippen molar-refractivity contribution in [2.45, 2.75) is 5.75 Å². The van der Waals surface area contributed by atoms with Crippen LogP contribution in [0.2, 0.25) is 0 Å². The number of rotatable bonds is 3. The molecule has 0 radical (unpaired) electrons. The van der Waals surface area contributed by atoms with E-state index in [2.05, 4.69) is 20.1 Å². The van der Waals surface area contributed by atoms with E-state index in [1.807, 2.05) is 6.07 Å². The molecule has 9 heteroatoms. The molecule has 0 unspecified atom stereocenters. The van der Waals surface area contributed by atoms with Crippen LogP contribution < -0.4 is 11.5 Å². The lowest BCUT2D eigenvalue weighted by atomic mass is 10.3. The molecule has 2 aromatic heterocycles. The van der Waals surface area contributed by atoms with Crippen molar-refractivity contribution in [1.82, 2.24) is 15.1 Å². The summed E-state index contributed by atoms with van der Waals surface area (Å²) in [6.45, 7) is 0. The molecule has 98 valence electrons. The van der Waals surface area contributed by atoms with Crippen LogP contribution in [-0.2, 0) is 5.75 Å². The number of hydrogen-bond acceptors (Lipinski definition) is 6. The number of amidine groups is 1. The quantitative estimate of drug-likeness (QED) is 0.550. The number of thioether (sulfide) groups is 1. The minimum absolute atomic E-state index is 0.0161. The standard InChI is InChI=1S/C10H11N7OS/c11-9(12)16-10(13)19-5-7-15-8(17-18-7)6-3-1-2-4-14-6/h1-4H,5H2,(H5,11,12,13,16). The van der Waals surface area contributed by atoms with Gasteiger partial charge in [-0.05, 0) is 12.1 Å². The van der Waals surface area contributed by atoms with E-state index in [4.69, 9.17) is 21.4 Å². The van der Waals surface area contributed by atoms with E-state index in [0.29, 0.717) is 23.2 Å². The zero-order chi connectivity index (χ0) is 13.7. The van der Waals surface area contributed by atoms with Crippen molar-refractivity contribution in [2.24, 2.45) is 16.5 Å². The first-order chi connectivity index (χ1) is 9.15. The van der Waals surface area contributed by atoms with Crippen LogP contribution in [-0.4, -0.2) is 26.3 Å². The van der Waals surface area contributed by atoms with Crippen LogP contribution in [0.15, 0.2) is 33.9 Å². The SMILES string of the molecule is N=C(N=C(N)N)SCc1nc(-c2ccccn2)no1. The first-order valence-corrected chi connectivity index (χ1v) is 6.18. The van der Waals surface area contributed by atoms with E-state index in [0.717, 1.165) is 11.8 Å². The molecule has 2 rings (SSSR count). The van der Waals surface area contributed by atoms with E-state index in [1.54, 1.807) is 18.3 Å². The molecule has 0 saturated carbocycles. The van der Waals surface area contributed by atoms with Crippen LogP contribution in [0.1, 0.15) is 5.89 Å². The minimum Gasteiger partial charge on any atom is -0.370 e. The van der Waals surface area contributed by atoms with Gasteiger partial charge in [0.2, 0.25) is 11.7 Å². The van der Waals surface area contributed by atoms with Gasteiger partial charge in [-0.15, -0.1) is 0 Å². The van der Waals surface area contributed by atoms with Gasteiger partial charge in [0.05, 0.1) is 5.75 Å². The van der Waals surface area contributed by atoms with Crippen molar-refractivity contribution in [2.75, 3.05) is 0 Å². The van der Waals surface area contributed by atoms with Gasteiger partial charge < -0.3 is 16.0 Å². The minimum atomic E-state index is -0.155. The number of aromatic nitrogens is 3. The van der Waals surface area contributed by atoms with Gasteiger partial charge in [0.1, 0.15) is 5.69 Å². The monoisotopic (exact) mass is 277 g/mol. The molecule has 19 heavy (non-hydrogen) atoms. The average Bonchev–Trinajstić information content (AvgIpc) is 2.85. The lowest BCUT2D eigenvalue weighted by Gasteiger charge is -1.94. The van der Waals surface area contributed by atoms with Crippen LogP contribution in [0, 0.1) is 5.41 Å². The fourth-order valence-electron chi connectivity index (χ4n) is 1.19. The summed E-state index contributed by atoms with van der Waals surface area (Å²) < 4.78 is 5.04. The van der Waals surface area contributed by atoms with E-state index in [-0.39, 0.29) is 11.1 Å². The Labute approximate surface area is 112 Å². The molecule has 0 amide bonds. The lowest BCUT2D eigenvalue weighted by molar-refractivity contribution is 0.391. The summed E-state index contributed by atoms with van der Waals surface area (Å²) in [7, 11) is 0. The topological polar surface area (TPSA) is 140 Å². The van der Waals surface area contributed by atoms with Crippen LogP contribution in [0.25, 0.3) is 11.5 Å². The van der Waals surface area contributed by atoms with Gasteiger partial charge in [0, 0.05) is 6.20 Å². The molecule has 8 nitrogen and oxygen atoms in total. The average molecular weight is 277 g/mol. The number of guanidine groups is 1. The summed E-state index contributed by atoms with van der Waals surface area (Å²) in [6.07, 6.45) is 1.65. The van der Waals surface area contributed by atoms with Gasteiger partial charge in [-0.2, -0.15) is 9.98 Å². The smallest absolute Gasteiger partial charge is 0.237 e. The third-order valence-electron chi connectivity index (χ3n) is 1.93. The molecule has 0 atom stereocenters. The number of nitrogens with two attached hydrogens (primary N) is 2. The number of pyridine rings is 1. The molecule has 5 N–H and O–H groups in total. The van der Waals surface area contributed by atoms with E-state index >= 15 is 0 Å². The van der Waals surface area contributed by atoms with Crippen LogP contribution in [0.4, 0.5) is 0 Å². The summed E-state index contributed by atoms with van der Waals surface area (Å²) in [5.41, 5.74) is 10.9. The Morgan fingerprint density at radius 3 is 2.95 bits per heavy atom. The highest BCUT2D eigenvalue weighted by molar-refractivity contribution is 8.13. The van der Waals surface area contributed by atoms with Crippen LogP contribution in [0.3, 0.4) is 0 Å². The van der Waals surface area contributed by atoms with Crippen molar-refractivity contribution >= 4 is 22.9 Å². The molecule has 0 aliphatic rings. The second-order valence-corrected chi connectivity index (χ2v) is 4.32. The largest absolute Gasteiger partial charge is 0.370 e. The summed E-state index contributed by atoms with van der Waals surface area (Å²) >= 11 is 1.09.